The third-order valence-corrected chi connectivity index (χ3v) is 4.87. The molecule has 0 atom stereocenters. The van der Waals surface area contributed by atoms with E-state index in [1.807, 2.05) is 19.1 Å². The molecule has 1 heterocycles. The quantitative estimate of drug-likeness (QED) is 0.840. The highest BCUT2D eigenvalue weighted by Crippen LogP contribution is 2.16. The molecule has 0 aliphatic carbocycles. The molecule has 1 aromatic rings. The summed E-state index contributed by atoms with van der Waals surface area (Å²) >= 11 is 0. The molecule has 20 heavy (non-hydrogen) atoms. The minimum Gasteiger partial charge on any atom is -0.306 e. The highest BCUT2D eigenvalue weighted by molar-refractivity contribution is 7.89. The number of hydrogen-bond acceptors (Lipinski definition) is 3. The van der Waals surface area contributed by atoms with Gasteiger partial charge in [-0.3, -0.25) is 0 Å². The van der Waals surface area contributed by atoms with Gasteiger partial charge in [0.1, 0.15) is 0 Å². The summed E-state index contributed by atoms with van der Waals surface area (Å²) in [5.74, 6) is 5.82. The van der Waals surface area contributed by atoms with Crippen molar-refractivity contribution in [3.05, 3.63) is 29.8 Å². The third kappa shape index (κ3) is 4.22. The second-order valence-corrected chi connectivity index (χ2v) is 6.47. The van der Waals surface area contributed by atoms with Crippen molar-refractivity contribution in [2.45, 2.75) is 18.2 Å². The first-order chi connectivity index (χ1) is 9.10. The summed E-state index contributed by atoms with van der Waals surface area (Å²) in [4.78, 5) is 0.340. The van der Waals surface area contributed by atoms with Gasteiger partial charge in [-0.05, 0) is 32.0 Å². The molecule has 1 aliphatic heterocycles. The van der Waals surface area contributed by atoms with Crippen LogP contribution in [-0.4, -0.2) is 38.9 Å². The van der Waals surface area contributed by atoms with E-state index in [0.717, 1.165) is 18.5 Å². The predicted octanol–water partition coefficient (Wildman–Crippen LogP) is 1.40. The Hall–Kier alpha value is -1.06. The van der Waals surface area contributed by atoms with Crippen molar-refractivity contribution in [3.8, 4) is 11.8 Å². The molecular formula is C14H19ClN2O2S. The van der Waals surface area contributed by atoms with Gasteiger partial charge in [0.2, 0.25) is 10.0 Å². The Morgan fingerprint density at radius 1 is 1.20 bits per heavy atom. The highest BCUT2D eigenvalue weighted by atomic mass is 35.5. The van der Waals surface area contributed by atoms with Crippen molar-refractivity contribution < 1.29 is 8.42 Å². The van der Waals surface area contributed by atoms with Crippen LogP contribution in [0.4, 0.5) is 0 Å². The van der Waals surface area contributed by atoms with Gasteiger partial charge in [0, 0.05) is 6.54 Å². The minimum absolute atomic E-state index is 0. The van der Waals surface area contributed by atoms with E-state index >= 15 is 0 Å². The molecule has 6 heteroatoms. The number of benzene rings is 1. The van der Waals surface area contributed by atoms with Crippen molar-refractivity contribution in [2.24, 2.45) is 0 Å². The third-order valence-electron chi connectivity index (χ3n) is 3.01. The Bertz CT molecular complexity index is 588. The van der Waals surface area contributed by atoms with Gasteiger partial charge >= 0.3 is 0 Å². The van der Waals surface area contributed by atoms with Gasteiger partial charge in [-0.15, -0.1) is 12.4 Å². The molecule has 1 aliphatic rings. The van der Waals surface area contributed by atoms with Crippen LogP contribution in [-0.2, 0) is 10.0 Å². The Labute approximate surface area is 127 Å². The first-order valence-corrected chi connectivity index (χ1v) is 7.78. The van der Waals surface area contributed by atoms with E-state index in [0.29, 0.717) is 18.0 Å². The average molecular weight is 315 g/mol. The monoisotopic (exact) mass is 314 g/mol. The molecule has 0 saturated carbocycles. The first-order valence-electron chi connectivity index (χ1n) is 6.34. The fraction of sp³-hybridized carbons (Fsp3) is 0.429. The Kier molecular flexibility index (Phi) is 6.50. The molecule has 0 amide bonds. The molecular weight excluding hydrogens is 296 g/mol. The Morgan fingerprint density at radius 3 is 2.60 bits per heavy atom. The summed E-state index contributed by atoms with van der Waals surface area (Å²) in [5.41, 5.74) is 1.05. The lowest BCUT2D eigenvalue weighted by molar-refractivity contribution is 0.437. The SMILES string of the molecule is Cc1ccc(S(=O)(=O)N2CC#CCNCCC2)cc1.Cl. The summed E-state index contributed by atoms with van der Waals surface area (Å²) < 4.78 is 26.5. The molecule has 0 fully saturated rings. The number of rotatable bonds is 2. The smallest absolute Gasteiger partial charge is 0.243 e. The zero-order valence-electron chi connectivity index (χ0n) is 11.4. The van der Waals surface area contributed by atoms with E-state index in [2.05, 4.69) is 17.2 Å². The molecule has 0 radical (unpaired) electrons. The lowest BCUT2D eigenvalue weighted by Gasteiger charge is -2.19. The van der Waals surface area contributed by atoms with Crippen LogP contribution in [0.25, 0.3) is 0 Å². The predicted molar refractivity (Wildman–Crippen MR) is 82.4 cm³/mol. The second-order valence-electron chi connectivity index (χ2n) is 4.54. The standard InChI is InChI=1S/C14H18N2O2S.ClH/c1-13-5-7-14(8-6-13)19(17,18)16-11-3-2-9-15-10-4-12-16;/h5-8,15H,4,9-12H2,1H3;1H. The molecule has 0 unspecified atom stereocenters. The van der Waals surface area contributed by atoms with E-state index in [1.54, 1.807) is 12.1 Å². The molecule has 110 valence electrons. The number of nitrogens with zero attached hydrogens (tertiary/aromatic N) is 1. The molecule has 0 aromatic heterocycles. The van der Waals surface area contributed by atoms with Crippen molar-refractivity contribution in [1.82, 2.24) is 9.62 Å². The molecule has 0 saturated heterocycles. The zero-order valence-corrected chi connectivity index (χ0v) is 13.1. The largest absolute Gasteiger partial charge is 0.306 e. The molecule has 4 nitrogen and oxygen atoms in total. The maximum atomic E-state index is 12.5. The fourth-order valence-corrected chi connectivity index (χ4v) is 3.26. The van der Waals surface area contributed by atoms with Gasteiger partial charge in [-0.2, -0.15) is 4.31 Å². The van der Waals surface area contributed by atoms with Crippen LogP contribution in [0, 0.1) is 18.8 Å². The lowest BCUT2D eigenvalue weighted by Crippen LogP contribution is -2.33. The summed E-state index contributed by atoms with van der Waals surface area (Å²) in [6.45, 7) is 4.11. The molecule has 0 bridgehead atoms. The van der Waals surface area contributed by atoms with Crippen LogP contribution in [0.15, 0.2) is 29.2 Å². The van der Waals surface area contributed by atoms with Crippen LogP contribution < -0.4 is 5.32 Å². The average Bonchev–Trinajstić information content (AvgIpc) is 2.52. The maximum Gasteiger partial charge on any atom is 0.243 e. The Morgan fingerprint density at radius 2 is 1.90 bits per heavy atom. The van der Waals surface area contributed by atoms with E-state index in [-0.39, 0.29) is 19.0 Å². The number of nitrogens with one attached hydrogen (secondary N) is 1. The van der Waals surface area contributed by atoms with Gasteiger partial charge in [0.15, 0.2) is 0 Å². The fourth-order valence-electron chi connectivity index (χ4n) is 1.88. The molecule has 1 aromatic carbocycles. The summed E-state index contributed by atoms with van der Waals surface area (Å²) in [5, 5.41) is 3.15. The van der Waals surface area contributed by atoms with E-state index < -0.39 is 10.0 Å². The highest BCUT2D eigenvalue weighted by Gasteiger charge is 2.23. The second kappa shape index (κ2) is 7.65. The lowest BCUT2D eigenvalue weighted by atomic mass is 10.2. The van der Waals surface area contributed by atoms with Crippen molar-refractivity contribution >= 4 is 22.4 Å². The topological polar surface area (TPSA) is 49.4 Å². The zero-order chi connectivity index (χ0) is 13.7. The van der Waals surface area contributed by atoms with Crippen molar-refractivity contribution in [1.29, 1.82) is 0 Å². The van der Waals surface area contributed by atoms with E-state index in [9.17, 15) is 8.42 Å². The molecule has 0 spiro atoms. The number of sulfonamides is 1. The van der Waals surface area contributed by atoms with Crippen LogP contribution in [0.2, 0.25) is 0 Å². The maximum absolute atomic E-state index is 12.5. The summed E-state index contributed by atoms with van der Waals surface area (Å²) in [6.07, 6.45) is 0.786. The molecule has 2 rings (SSSR count). The number of aryl methyl sites for hydroxylation is 1. The van der Waals surface area contributed by atoms with Gasteiger partial charge in [-0.1, -0.05) is 29.5 Å². The van der Waals surface area contributed by atoms with Crippen LogP contribution in [0.1, 0.15) is 12.0 Å². The number of hydrogen-bond donors (Lipinski definition) is 1. The van der Waals surface area contributed by atoms with Crippen molar-refractivity contribution in [2.75, 3.05) is 26.2 Å². The number of halogens is 1. The van der Waals surface area contributed by atoms with E-state index in [1.165, 1.54) is 4.31 Å². The van der Waals surface area contributed by atoms with Gasteiger partial charge < -0.3 is 5.32 Å². The normalized spacial score (nSPS) is 16.9. The van der Waals surface area contributed by atoms with Gasteiger partial charge in [0.25, 0.3) is 0 Å². The van der Waals surface area contributed by atoms with Crippen LogP contribution in [0.5, 0.6) is 0 Å². The molecule has 1 N–H and O–H groups in total. The van der Waals surface area contributed by atoms with Crippen LogP contribution >= 0.6 is 12.4 Å². The minimum atomic E-state index is -3.43. The summed E-state index contributed by atoms with van der Waals surface area (Å²) in [7, 11) is -3.43. The van der Waals surface area contributed by atoms with Crippen LogP contribution in [0.3, 0.4) is 0 Å². The summed E-state index contributed by atoms with van der Waals surface area (Å²) in [6, 6.07) is 6.94. The van der Waals surface area contributed by atoms with Crippen molar-refractivity contribution in [3.63, 3.8) is 0 Å². The Balaban J connectivity index is 0.00000200. The van der Waals surface area contributed by atoms with Gasteiger partial charge in [-0.25, -0.2) is 8.42 Å². The first kappa shape index (κ1) is 17.0. The van der Waals surface area contributed by atoms with E-state index in [4.69, 9.17) is 0 Å². The van der Waals surface area contributed by atoms with Gasteiger partial charge in [0.05, 0.1) is 18.0 Å².